The van der Waals surface area contributed by atoms with E-state index in [1.165, 1.54) is 16.7 Å². The maximum Gasteiger partial charge on any atom is 0.0491 e. The summed E-state index contributed by atoms with van der Waals surface area (Å²) in [5.74, 6) is 0. The van der Waals surface area contributed by atoms with Crippen LogP contribution >= 0.6 is 23.2 Å². The molecule has 0 fully saturated rings. The summed E-state index contributed by atoms with van der Waals surface area (Å²) in [4.78, 5) is 4.74. The maximum atomic E-state index is 6.50. The van der Waals surface area contributed by atoms with Gasteiger partial charge in [-0.05, 0) is 137 Å². The van der Waals surface area contributed by atoms with Crippen LogP contribution in [0.15, 0.2) is 103 Å². The van der Waals surface area contributed by atoms with Gasteiger partial charge in [0.15, 0.2) is 0 Å². The highest BCUT2D eigenvalue weighted by Crippen LogP contribution is 2.45. The number of hydrogen-bond acceptors (Lipinski definition) is 2. The molecule has 0 radical (unpaired) electrons. The Morgan fingerprint density at radius 1 is 0.375 bits per heavy atom. The quantitative estimate of drug-likeness (QED) is 0.176. The average molecular weight is 678 g/mol. The molecule has 0 spiro atoms. The molecule has 0 aliphatic rings. The number of anilines is 6. The second-order valence-corrected chi connectivity index (χ2v) is 17.0. The Bertz CT molecular complexity index is 1770. The topological polar surface area (TPSA) is 6.48 Å². The molecule has 5 aromatic carbocycles. The molecular weight excluding hydrogens is 627 g/mol. The normalized spacial score (nSPS) is 12.3. The van der Waals surface area contributed by atoms with Crippen LogP contribution in [0.4, 0.5) is 34.1 Å². The molecule has 250 valence electrons. The molecule has 0 aliphatic carbocycles. The molecule has 2 nitrogen and oxygen atoms in total. The third kappa shape index (κ3) is 7.77. The highest BCUT2D eigenvalue weighted by molar-refractivity contribution is 6.31. The molecule has 0 saturated heterocycles. The van der Waals surface area contributed by atoms with Gasteiger partial charge in [0.25, 0.3) is 0 Å². The Morgan fingerprint density at radius 3 is 1.00 bits per heavy atom. The van der Waals surface area contributed by atoms with Crippen molar-refractivity contribution in [2.24, 2.45) is 0 Å². The summed E-state index contributed by atoms with van der Waals surface area (Å²) in [5.41, 5.74) is 12.5. The van der Waals surface area contributed by atoms with Crippen LogP contribution in [0.5, 0.6) is 0 Å². The molecule has 4 heteroatoms. The first-order chi connectivity index (χ1) is 22.3. The van der Waals surface area contributed by atoms with Crippen LogP contribution in [0.2, 0.25) is 10.0 Å². The van der Waals surface area contributed by atoms with E-state index >= 15 is 0 Å². The van der Waals surface area contributed by atoms with Gasteiger partial charge in [0.2, 0.25) is 0 Å². The van der Waals surface area contributed by atoms with E-state index in [1.807, 2.05) is 24.3 Å². The zero-order valence-electron chi connectivity index (χ0n) is 30.5. The fourth-order valence-electron chi connectivity index (χ4n) is 6.10. The molecule has 0 bridgehead atoms. The van der Waals surface area contributed by atoms with Crippen molar-refractivity contribution in [1.82, 2.24) is 0 Å². The Kier molecular flexibility index (Phi) is 9.86. The number of nitrogens with zero attached hydrogens (tertiary/aromatic N) is 2. The van der Waals surface area contributed by atoms with Crippen molar-refractivity contribution >= 4 is 57.3 Å². The maximum absolute atomic E-state index is 6.50. The predicted molar refractivity (Wildman–Crippen MR) is 211 cm³/mol. The van der Waals surface area contributed by atoms with Gasteiger partial charge in [0, 0.05) is 44.2 Å². The first-order valence-electron chi connectivity index (χ1n) is 16.8. The molecule has 0 aromatic heterocycles. The lowest BCUT2D eigenvalue weighted by molar-refractivity contribution is 0.589. The smallest absolute Gasteiger partial charge is 0.0491 e. The van der Waals surface area contributed by atoms with E-state index in [4.69, 9.17) is 23.2 Å². The number of hydrogen-bond donors (Lipinski definition) is 0. The molecule has 48 heavy (non-hydrogen) atoms. The van der Waals surface area contributed by atoms with Crippen LogP contribution < -0.4 is 9.80 Å². The number of benzene rings is 5. The molecule has 0 unspecified atom stereocenters. The van der Waals surface area contributed by atoms with E-state index < -0.39 is 0 Å². The van der Waals surface area contributed by atoms with Crippen LogP contribution in [0.1, 0.15) is 90.1 Å². The lowest BCUT2D eigenvalue weighted by Crippen LogP contribution is -2.19. The van der Waals surface area contributed by atoms with Crippen molar-refractivity contribution in [3.8, 4) is 0 Å². The van der Waals surface area contributed by atoms with Crippen molar-refractivity contribution in [3.05, 3.63) is 141 Å². The molecule has 5 aromatic rings. The van der Waals surface area contributed by atoms with Crippen molar-refractivity contribution in [2.75, 3.05) is 9.80 Å². The summed E-state index contributed by atoms with van der Waals surface area (Å²) in [6.07, 6.45) is 0. The summed E-state index contributed by atoms with van der Waals surface area (Å²) in [6, 6.07) is 37.3. The molecule has 0 amide bonds. The van der Waals surface area contributed by atoms with Gasteiger partial charge in [-0.1, -0.05) is 110 Å². The van der Waals surface area contributed by atoms with E-state index in [9.17, 15) is 0 Å². The highest BCUT2D eigenvalue weighted by Gasteiger charge is 2.25. The summed E-state index contributed by atoms with van der Waals surface area (Å²) >= 11 is 13.0. The van der Waals surface area contributed by atoms with Gasteiger partial charge in [0.05, 0.1) is 0 Å². The van der Waals surface area contributed by atoms with E-state index in [0.717, 1.165) is 55.3 Å². The zero-order valence-corrected chi connectivity index (χ0v) is 32.0. The van der Waals surface area contributed by atoms with Gasteiger partial charge in [-0.15, -0.1) is 0 Å². The summed E-state index contributed by atoms with van der Waals surface area (Å²) in [7, 11) is 0. The number of halogens is 2. The van der Waals surface area contributed by atoms with Crippen LogP contribution in [0.3, 0.4) is 0 Å². The Labute approximate surface area is 299 Å². The Morgan fingerprint density at radius 2 is 0.708 bits per heavy atom. The van der Waals surface area contributed by atoms with Crippen molar-refractivity contribution in [3.63, 3.8) is 0 Å². The standard InChI is InChI=1S/C44H50Cl2N2/c1-29-24-34(45)16-22-40(29)47(36-18-12-31(13-19-36)42(3,4)5)38-26-33(44(9,10)11)27-39(28-38)48(41-23-17-35(46)25-30(41)2)37-20-14-32(15-21-37)43(6,7)8/h12-28H,1-11H3. The van der Waals surface area contributed by atoms with Crippen LogP contribution in [-0.2, 0) is 16.2 Å². The SMILES string of the molecule is Cc1cc(Cl)ccc1N(c1ccc(C(C)(C)C)cc1)c1cc(N(c2ccc(C(C)(C)C)cc2)c2ccc(Cl)cc2C)cc(C(C)(C)C)c1. The van der Waals surface area contributed by atoms with Crippen LogP contribution in [-0.4, -0.2) is 0 Å². The Hall–Kier alpha value is -3.72. The molecule has 0 saturated carbocycles. The van der Waals surface area contributed by atoms with Gasteiger partial charge in [0.1, 0.15) is 0 Å². The van der Waals surface area contributed by atoms with Gasteiger partial charge >= 0.3 is 0 Å². The molecule has 0 N–H and O–H groups in total. The molecule has 0 atom stereocenters. The van der Waals surface area contributed by atoms with Crippen LogP contribution in [0, 0.1) is 13.8 Å². The third-order valence-electron chi connectivity index (χ3n) is 9.07. The number of aryl methyl sites for hydroxylation is 2. The van der Waals surface area contributed by atoms with Gasteiger partial charge in [-0.25, -0.2) is 0 Å². The number of rotatable bonds is 6. The second kappa shape index (κ2) is 13.3. The lowest BCUT2D eigenvalue weighted by atomic mass is 9.85. The molecular formula is C44H50Cl2N2. The van der Waals surface area contributed by atoms with E-state index in [2.05, 4.69) is 165 Å². The monoisotopic (exact) mass is 676 g/mol. The van der Waals surface area contributed by atoms with Crippen molar-refractivity contribution in [2.45, 2.75) is 92.4 Å². The fraction of sp³-hybridized carbons (Fsp3) is 0.318. The summed E-state index contributed by atoms with van der Waals surface area (Å²) in [5, 5.41) is 1.46. The van der Waals surface area contributed by atoms with Crippen molar-refractivity contribution in [1.29, 1.82) is 0 Å². The third-order valence-corrected chi connectivity index (χ3v) is 9.54. The minimum absolute atomic E-state index is 0.0539. The van der Waals surface area contributed by atoms with Gasteiger partial charge in [-0.2, -0.15) is 0 Å². The summed E-state index contributed by atoms with van der Waals surface area (Å²) in [6.45, 7) is 24.6. The van der Waals surface area contributed by atoms with Crippen LogP contribution in [0.25, 0.3) is 0 Å². The largest absolute Gasteiger partial charge is 0.310 e. The van der Waals surface area contributed by atoms with Gasteiger partial charge in [-0.3, -0.25) is 0 Å². The van der Waals surface area contributed by atoms with E-state index in [0.29, 0.717) is 0 Å². The van der Waals surface area contributed by atoms with E-state index in [1.54, 1.807) is 0 Å². The minimum Gasteiger partial charge on any atom is -0.310 e. The zero-order chi connectivity index (χ0) is 35.2. The van der Waals surface area contributed by atoms with E-state index in [-0.39, 0.29) is 16.2 Å². The first kappa shape index (κ1) is 35.6. The first-order valence-corrected chi connectivity index (χ1v) is 17.6. The fourth-order valence-corrected chi connectivity index (χ4v) is 6.55. The minimum atomic E-state index is -0.113. The summed E-state index contributed by atoms with van der Waals surface area (Å²) < 4.78 is 0. The predicted octanol–water partition coefficient (Wildman–Crippen LogP) is 14.4. The lowest BCUT2D eigenvalue weighted by Gasteiger charge is -2.33. The highest BCUT2D eigenvalue weighted by atomic mass is 35.5. The molecule has 0 heterocycles. The molecule has 0 aliphatic heterocycles. The Balaban J connectivity index is 1.81. The van der Waals surface area contributed by atoms with Gasteiger partial charge < -0.3 is 9.80 Å². The average Bonchev–Trinajstić information content (AvgIpc) is 2.99. The van der Waals surface area contributed by atoms with Crippen molar-refractivity contribution < 1.29 is 0 Å². The molecule has 5 rings (SSSR count). The second-order valence-electron chi connectivity index (χ2n) is 16.1.